The van der Waals surface area contributed by atoms with Crippen LogP contribution in [0.1, 0.15) is 28.4 Å². The molecule has 168 valence electrons. The molecular weight excluding hydrogens is 426 g/mol. The number of hydrogen-bond acceptors (Lipinski definition) is 7. The Balaban J connectivity index is 1.49. The minimum atomic E-state index is -0.868. The Morgan fingerprint density at radius 3 is 2.18 bits per heavy atom. The Morgan fingerprint density at radius 1 is 0.970 bits per heavy atom. The second-order valence-corrected chi connectivity index (χ2v) is 7.07. The van der Waals surface area contributed by atoms with Gasteiger partial charge < -0.3 is 9.47 Å². The monoisotopic (exact) mass is 447 g/mol. The number of nitro groups is 1. The fraction of sp³-hybridized carbons (Fsp3) is 0.125. The number of carbonyl (C=O) groups is 2. The number of esters is 1. The van der Waals surface area contributed by atoms with Gasteiger partial charge in [-0.25, -0.2) is 10.2 Å². The van der Waals surface area contributed by atoms with Gasteiger partial charge in [0.15, 0.2) is 6.10 Å². The van der Waals surface area contributed by atoms with E-state index in [0.717, 1.165) is 5.56 Å². The standard InChI is InChI=1S/C24H21N3O6/c1-16-3-7-19(8-4-16)24(29)33-22-11-5-18(6-12-22)15-25-26-23(28)17(2)32-21-13-9-20(10-14-21)27(30)31/h3-15,17H,1-2H3,(H,26,28). The zero-order valence-corrected chi connectivity index (χ0v) is 17.9. The van der Waals surface area contributed by atoms with Crippen LogP contribution in [-0.4, -0.2) is 29.1 Å². The van der Waals surface area contributed by atoms with Crippen LogP contribution in [0.2, 0.25) is 0 Å². The number of nitro benzene ring substituents is 1. The molecule has 1 unspecified atom stereocenters. The molecule has 3 aromatic rings. The van der Waals surface area contributed by atoms with Crippen molar-refractivity contribution in [3.8, 4) is 11.5 Å². The summed E-state index contributed by atoms with van der Waals surface area (Å²) in [5, 5.41) is 14.6. The maximum Gasteiger partial charge on any atom is 0.343 e. The van der Waals surface area contributed by atoms with E-state index in [9.17, 15) is 19.7 Å². The van der Waals surface area contributed by atoms with Crippen molar-refractivity contribution in [2.75, 3.05) is 0 Å². The summed E-state index contributed by atoms with van der Waals surface area (Å²) in [4.78, 5) is 34.4. The van der Waals surface area contributed by atoms with Crippen LogP contribution in [0, 0.1) is 17.0 Å². The molecule has 0 bridgehead atoms. The molecule has 0 spiro atoms. The fourth-order valence-electron chi connectivity index (χ4n) is 2.64. The van der Waals surface area contributed by atoms with E-state index in [2.05, 4.69) is 10.5 Å². The summed E-state index contributed by atoms with van der Waals surface area (Å²) in [6.07, 6.45) is 0.564. The number of aryl methyl sites for hydroxylation is 1. The molecule has 3 aromatic carbocycles. The number of carbonyl (C=O) groups excluding carboxylic acids is 2. The van der Waals surface area contributed by atoms with Crippen LogP contribution >= 0.6 is 0 Å². The lowest BCUT2D eigenvalue weighted by Crippen LogP contribution is -2.33. The van der Waals surface area contributed by atoms with Crippen LogP contribution in [0.25, 0.3) is 0 Å². The van der Waals surface area contributed by atoms with Gasteiger partial charge in [-0.3, -0.25) is 14.9 Å². The maximum absolute atomic E-state index is 12.2. The van der Waals surface area contributed by atoms with Crippen LogP contribution in [-0.2, 0) is 4.79 Å². The minimum absolute atomic E-state index is 0.0695. The molecule has 0 aliphatic carbocycles. The molecule has 3 rings (SSSR count). The lowest BCUT2D eigenvalue weighted by molar-refractivity contribution is -0.384. The van der Waals surface area contributed by atoms with E-state index in [1.54, 1.807) is 36.4 Å². The lowest BCUT2D eigenvalue weighted by atomic mass is 10.1. The molecule has 0 radical (unpaired) electrons. The van der Waals surface area contributed by atoms with Gasteiger partial charge in [0.25, 0.3) is 11.6 Å². The molecule has 0 saturated carbocycles. The average Bonchev–Trinajstić information content (AvgIpc) is 2.81. The summed E-state index contributed by atoms with van der Waals surface area (Å²) in [6.45, 7) is 3.47. The zero-order valence-electron chi connectivity index (χ0n) is 17.9. The number of hydrogen-bond donors (Lipinski definition) is 1. The highest BCUT2D eigenvalue weighted by Crippen LogP contribution is 2.18. The van der Waals surface area contributed by atoms with E-state index < -0.39 is 22.9 Å². The van der Waals surface area contributed by atoms with Gasteiger partial charge in [-0.2, -0.15) is 5.10 Å². The third-order valence-electron chi connectivity index (χ3n) is 4.50. The number of hydrazone groups is 1. The second-order valence-electron chi connectivity index (χ2n) is 7.07. The van der Waals surface area contributed by atoms with E-state index >= 15 is 0 Å². The number of benzene rings is 3. The number of non-ortho nitro benzene ring substituents is 1. The SMILES string of the molecule is Cc1ccc(C(=O)Oc2ccc(C=NNC(=O)C(C)Oc3ccc([N+](=O)[O-])cc3)cc2)cc1. The number of nitrogens with one attached hydrogen (secondary N) is 1. The molecule has 0 aromatic heterocycles. The van der Waals surface area contributed by atoms with Gasteiger partial charge in [0.2, 0.25) is 0 Å². The predicted molar refractivity (Wildman–Crippen MR) is 122 cm³/mol. The van der Waals surface area contributed by atoms with Crippen molar-refractivity contribution in [2.24, 2.45) is 5.10 Å². The third-order valence-corrected chi connectivity index (χ3v) is 4.50. The molecule has 9 heteroatoms. The van der Waals surface area contributed by atoms with Gasteiger partial charge in [-0.1, -0.05) is 17.7 Å². The Labute approximate surface area is 189 Å². The lowest BCUT2D eigenvalue weighted by Gasteiger charge is -2.12. The smallest absolute Gasteiger partial charge is 0.343 e. The van der Waals surface area contributed by atoms with Crippen LogP contribution < -0.4 is 14.9 Å². The molecular formula is C24H21N3O6. The maximum atomic E-state index is 12.2. The molecule has 33 heavy (non-hydrogen) atoms. The Hall–Kier alpha value is -4.53. The highest BCUT2D eigenvalue weighted by molar-refractivity contribution is 5.91. The fourth-order valence-corrected chi connectivity index (χ4v) is 2.64. The zero-order chi connectivity index (χ0) is 23.8. The van der Waals surface area contributed by atoms with Crippen molar-refractivity contribution in [2.45, 2.75) is 20.0 Å². The van der Waals surface area contributed by atoms with Crippen LogP contribution in [0.15, 0.2) is 77.9 Å². The molecule has 0 heterocycles. The van der Waals surface area contributed by atoms with Crippen LogP contribution in [0.3, 0.4) is 0 Å². The van der Waals surface area contributed by atoms with Crippen molar-refractivity contribution in [1.82, 2.24) is 5.43 Å². The molecule has 1 atom stereocenters. The molecule has 0 aliphatic rings. The van der Waals surface area contributed by atoms with Gasteiger partial charge in [-0.05, 0) is 67.9 Å². The minimum Gasteiger partial charge on any atom is -0.481 e. The highest BCUT2D eigenvalue weighted by Gasteiger charge is 2.15. The quantitative estimate of drug-likeness (QED) is 0.183. The summed E-state index contributed by atoms with van der Waals surface area (Å²) >= 11 is 0. The highest BCUT2D eigenvalue weighted by atomic mass is 16.6. The third kappa shape index (κ3) is 6.73. The van der Waals surface area contributed by atoms with E-state index in [1.807, 2.05) is 19.1 Å². The van der Waals surface area contributed by atoms with E-state index in [4.69, 9.17) is 9.47 Å². The van der Waals surface area contributed by atoms with Crippen molar-refractivity contribution < 1.29 is 24.0 Å². The Bertz CT molecular complexity index is 1160. The average molecular weight is 447 g/mol. The summed E-state index contributed by atoms with van der Waals surface area (Å²) in [7, 11) is 0. The second kappa shape index (κ2) is 10.7. The van der Waals surface area contributed by atoms with Gasteiger partial charge in [-0.15, -0.1) is 0 Å². The predicted octanol–water partition coefficient (Wildman–Crippen LogP) is 4.04. The molecule has 0 fully saturated rings. The first-order valence-corrected chi connectivity index (χ1v) is 9.95. The summed E-state index contributed by atoms with van der Waals surface area (Å²) in [5.41, 5.74) is 4.48. The Kier molecular flexibility index (Phi) is 7.48. The van der Waals surface area contributed by atoms with Gasteiger partial charge in [0.1, 0.15) is 11.5 Å². The van der Waals surface area contributed by atoms with Crippen LogP contribution in [0.5, 0.6) is 11.5 Å². The Morgan fingerprint density at radius 2 is 1.58 bits per heavy atom. The van der Waals surface area contributed by atoms with Crippen molar-refractivity contribution in [3.63, 3.8) is 0 Å². The first-order valence-electron chi connectivity index (χ1n) is 9.95. The summed E-state index contributed by atoms with van der Waals surface area (Å²) in [5.74, 6) is -0.242. The van der Waals surface area contributed by atoms with Crippen molar-refractivity contribution in [1.29, 1.82) is 0 Å². The van der Waals surface area contributed by atoms with Gasteiger partial charge in [0.05, 0.1) is 16.7 Å². The molecule has 0 aliphatic heterocycles. The van der Waals surface area contributed by atoms with Gasteiger partial charge >= 0.3 is 5.97 Å². The van der Waals surface area contributed by atoms with E-state index in [1.165, 1.54) is 37.4 Å². The van der Waals surface area contributed by atoms with Crippen molar-refractivity contribution >= 4 is 23.8 Å². The summed E-state index contributed by atoms with van der Waals surface area (Å²) < 4.78 is 10.8. The number of ether oxygens (including phenoxy) is 2. The first kappa shape index (κ1) is 23.1. The number of amides is 1. The van der Waals surface area contributed by atoms with E-state index in [-0.39, 0.29) is 5.69 Å². The molecule has 9 nitrogen and oxygen atoms in total. The molecule has 1 N–H and O–H groups in total. The van der Waals surface area contributed by atoms with Crippen LogP contribution in [0.4, 0.5) is 5.69 Å². The van der Waals surface area contributed by atoms with Crippen molar-refractivity contribution in [3.05, 3.63) is 99.6 Å². The van der Waals surface area contributed by atoms with E-state index in [0.29, 0.717) is 22.6 Å². The topological polar surface area (TPSA) is 120 Å². The molecule has 0 saturated heterocycles. The summed E-state index contributed by atoms with van der Waals surface area (Å²) in [6, 6.07) is 19.1. The normalized spacial score (nSPS) is 11.6. The number of nitrogens with zero attached hydrogens (tertiary/aromatic N) is 2. The first-order chi connectivity index (χ1) is 15.8. The van der Waals surface area contributed by atoms with Gasteiger partial charge in [0, 0.05) is 12.1 Å². The largest absolute Gasteiger partial charge is 0.481 e. The molecule has 1 amide bonds. The number of rotatable bonds is 8.